The van der Waals surface area contributed by atoms with E-state index in [1.165, 1.54) is 122 Å². The van der Waals surface area contributed by atoms with Gasteiger partial charge in [0.25, 0.3) is 0 Å². The summed E-state index contributed by atoms with van der Waals surface area (Å²) in [5.41, 5.74) is 0. The van der Waals surface area contributed by atoms with Crippen LogP contribution in [-0.2, 0) is 28.6 Å². The number of esters is 3. The molecule has 0 aliphatic carbocycles. The number of hydrogen-bond donors (Lipinski definition) is 0. The first-order valence-corrected chi connectivity index (χ1v) is 26.3. The van der Waals surface area contributed by atoms with Crippen molar-refractivity contribution in [2.24, 2.45) is 0 Å². The predicted octanol–water partition coefficient (Wildman–Crippen LogP) is 17.3. The lowest BCUT2D eigenvalue weighted by Crippen LogP contribution is -2.30. The molecule has 0 saturated heterocycles. The van der Waals surface area contributed by atoms with E-state index in [0.29, 0.717) is 19.3 Å². The first kappa shape index (κ1) is 59.1. The number of allylic oxidation sites excluding steroid dienone is 10. The molecule has 0 aliphatic rings. The summed E-state index contributed by atoms with van der Waals surface area (Å²) in [6, 6.07) is 0. The van der Waals surface area contributed by atoms with Crippen LogP contribution in [0.5, 0.6) is 0 Å². The molecule has 0 unspecified atom stereocenters. The smallest absolute Gasteiger partial charge is 0.306 e. The van der Waals surface area contributed by atoms with Crippen molar-refractivity contribution < 1.29 is 28.6 Å². The summed E-state index contributed by atoms with van der Waals surface area (Å²) in [5.74, 6) is -0.934. The summed E-state index contributed by atoms with van der Waals surface area (Å²) < 4.78 is 16.8. The molecule has 0 rings (SSSR count). The molecule has 0 bridgehead atoms. The van der Waals surface area contributed by atoms with E-state index in [2.05, 4.69) is 81.5 Å². The molecular formula is C56H98O6. The van der Waals surface area contributed by atoms with Gasteiger partial charge in [0, 0.05) is 19.3 Å². The van der Waals surface area contributed by atoms with Crippen LogP contribution < -0.4 is 0 Å². The zero-order valence-corrected chi connectivity index (χ0v) is 40.9. The number of ether oxygens (including phenoxy) is 3. The summed E-state index contributed by atoms with van der Waals surface area (Å²) in [5, 5.41) is 0. The van der Waals surface area contributed by atoms with Crippen molar-refractivity contribution in [2.45, 2.75) is 264 Å². The molecule has 358 valence electrons. The molecule has 0 amide bonds. The average molecular weight is 867 g/mol. The monoisotopic (exact) mass is 867 g/mol. The predicted molar refractivity (Wildman–Crippen MR) is 265 cm³/mol. The Morgan fingerprint density at radius 1 is 0.339 bits per heavy atom. The van der Waals surface area contributed by atoms with Crippen LogP contribution in [0.1, 0.15) is 258 Å². The highest BCUT2D eigenvalue weighted by molar-refractivity contribution is 5.71. The average Bonchev–Trinajstić information content (AvgIpc) is 3.27. The molecule has 1 atom stereocenters. The second-order valence-electron chi connectivity index (χ2n) is 17.4. The molecule has 0 spiro atoms. The molecule has 62 heavy (non-hydrogen) atoms. The fourth-order valence-corrected chi connectivity index (χ4v) is 7.31. The van der Waals surface area contributed by atoms with Crippen LogP contribution in [0.4, 0.5) is 0 Å². The minimum atomic E-state index is -0.792. The summed E-state index contributed by atoms with van der Waals surface area (Å²) in [6.07, 6.45) is 62.0. The van der Waals surface area contributed by atoms with Crippen LogP contribution in [0.25, 0.3) is 0 Å². The second kappa shape index (κ2) is 50.8. The number of carbonyl (C=O) groups is 3. The number of unbranched alkanes of at least 4 members (excludes halogenated alkanes) is 26. The Bertz CT molecular complexity index is 1130. The topological polar surface area (TPSA) is 78.9 Å². The molecule has 0 saturated carbocycles. The van der Waals surface area contributed by atoms with E-state index in [9.17, 15) is 14.4 Å². The Morgan fingerprint density at radius 2 is 0.629 bits per heavy atom. The molecule has 0 radical (unpaired) electrons. The van der Waals surface area contributed by atoms with Crippen LogP contribution >= 0.6 is 0 Å². The lowest BCUT2D eigenvalue weighted by atomic mass is 10.0. The van der Waals surface area contributed by atoms with Crippen LogP contribution in [-0.4, -0.2) is 37.2 Å². The number of hydrogen-bond acceptors (Lipinski definition) is 6. The summed E-state index contributed by atoms with van der Waals surface area (Å²) in [6.45, 7) is 6.49. The van der Waals surface area contributed by atoms with Gasteiger partial charge < -0.3 is 14.2 Å². The first-order valence-electron chi connectivity index (χ1n) is 26.3. The van der Waals surface area contributed by atoms with Crippen molar-refractivity contribution in [2.75, 3.05) is 13.2 Å². The molecule has 0 aliphatic heterocycles. The number of rotatable bonds is 47. The van der Waals surface area contributed by atoms with Crippen molar-refractivity contribution in [1.82, 2.24) is 0 Å². The molecule has 0 fully saturated rings. The zero-order valence-electron chi connectivity index (χ0n) is 40.9. The summed E-state index contributed by atoms with van der Waals surface area (Å²) >= 11 is 0. The van der Waals surface area contributed by atoms with Crippen LogP contribution in [0.2, 0.25) is 0 Å². The van der Waals surface area contributed by atoms with E-state index in [-0.39, 0.29) is 31.1 Å². The minimum Gasteiger partial charge on any atom is -0.462 e. The Morgan fingerprint density at radius 3 is 1.03 bits per heavy atom. The SMILES string of the molecule is CC/C=C\C/C=C\C/C=C\C/C=C\CCCCC(=O)OC[C@@H](COC(=O)CCCCCCCCCCCCCCCC)OC(=O)CCCCCCC/C=C\CCCCCCCC. The van der Waals surface area contributed by atoms with E-state index in [4.69, 9.17) is 14.2 Å². The Balaban J connectivity index is 4.44. The third kappa shape index (κ3) is 48.1. The highest BCUT2D eigenvalue weighted by Gasteiger charge is 2.19. The first-order chi connectivity index (χ1) is 30.5. The van der Waals surface area contributed by atoms with E-state index in [1.807, 2.05) is 0 Å². The van der Waals surface area contributed by atoms with Gasteiger partial charge in [-0.25, -0.2) is 0 Å². The molecule has 0 aromatic heterocycles. The lowest BCUT2D eigenvalue weighted by Gasteiger charge is -2.18. The second-order valence-corrected chi connectivity index (χ2v) is 17.4. The Labute approximate surface area is 383 Å². The minimum absolute atomic E-state index is 0.0886. The van der Waals surface area contributed by atoms with Gasteiger partial charge in [-0.05, 0) is 83.5 Å². The van der Waals surface area contributed by atoms with Crippen molar-refractivity contribution >= 4 is 17.9 Å². The third-order valence-corrected chi connectivity index (χ3v) is 11.3. The van der Waals surface area contributed by atoms with Crippen LogP contribution in [0.15, 0.2) is 60.8 Å². The highest BCUT2D eigenvalue weighted by atomic mass is 16.6. The molecule has 0 N–H and O–H groups in total. The fourth-order valence-electron chi connectivity index (χ4n) is 7.31. The maximum Gasteiger partial charge on any atom is 0.306 e. The van der Waals surface area contributed by atoms with Gasteiger partial charge in [0.15, 0.2) is 6.10 Å². The molecule has 6 nitrogen and oxygen atoms in total. The molecule has 0 heterocycles. The molecule has 6 heteroatoms. The van der Waals surface area contributed by atoms with Crippen molar-refractivity contribution in [3.8, 4) is 0 Å². The van der Waals surface area contributed by atoms with Gasteiger partial charge in [-0.1, -0.05) is 216 Å². The number of carbonyl (C=O) groups excluding carboxylic acids is 3. The van der Waals surface area contributed by atoms with Gasteiger partial charge in [0.05, 0.1) is 0 Å². The standard InChI is InChI=1S/C56H98O6/c1-4-7-10-13-16-19-22-25-28-31-34-37-40-43-46-49-55(58)61-52-53(51-60-54(57)48-45-42-39-36-33-30-27-24-21-18-15-12-9-6-3)62-56(59)50-47-44-41-38-35-32-29-26-23-20-17-14-11-8-5-2/h7,10,16,19,25-26,28-29,34,37,53H,4-6,8-9,11-15,17-18,20-24,27,30-33,35-36,38-52H2,1-3H3/b10-7-,19-16-,28-25-,29-26-,37-34-/t53-/m1/s1. The fraction of sp³-hybridized carbons (Fsp3) is 0.768. The zero-order chi connectivity index (χ0) is 45.1. The van der Waals surface area contributed by atoms with Crippen molar-refractivity contribution in [3.63, 3.8) is 0 Å². The van der Waals surface area contributed by atoms with Crippen molar-refractivity contribution in [3.05, 3.63) is 60.8 Å². The molecule has 0 aromatic carbocycles. The van der Waals surface area contributed by atoms with E-state index >= 15 is 0 Å². The van der Waals surface area contributed by atoms with E-state index in [1.54, 1.807) is 0 Å². The largest absolute Gasteiger partial charge is 0.462 e. The normalized spacial score (nSPS) is 12.5. The summed E-state index contributed by atoms with van der Waals surface area (Å²) in [7, 11) is 0. The van der Waals surface area contributed by atoms with Gasteiger partial charge in [-0.2, -0.15) is 0 Å². The van der Waals surface area contributed by atoms with Gasteiger partial charge in [-0.15, -0.1) is 0 Å². The van der Waals surface area contributed by atoms with Crippen LogP contribution in [0.3, 0.4) is 0 Å². The maximum absolute atomic E-state index is 12.8. The van der Waals surface area contributed by atoms with Crippen molar-refractivity contribution in [1.29, 1.82) is 0 Å². The molecule has 0 aromatic rings. The molecular weight excluding hydrogens is 769 g/mol. The highest BCUT2D eigenvalue weighted by Crippen LogP contribution is 2.15. The third-order valence-electron chi connectivity index (χ3n) is 11.3. The van der Waals surface area contributed by atoms with Crippen LogP contribution in [0, 0.1) is 0 Å². The van der Waals surface area contributed by atoms with Gasteiger partial charge in [0.1, 0.15) is 13.2 Å². The van der Waals surface area contributed by atoms with E-state index < -0.39 is 6.10 Å². The van der Waals surface area contributed by atoms with E-state index in [0.717, 1.165) is 96.3 Å². The maximum atomic E-state index is 12.8. The lowest BCUT2D eigenvalue weighted by molar-refractivity contribution is -0.167. The quantitative estimate of drug-likeness (QED) is 0.0262. The Kier molecular flexibility index (Phi) is 48.4. The Hall–Kier alpha value is -2.89. The summed E-state index contributed by atoms with van der Waals surface area (Å²) in [4.78, 5) is 38.0. The van der Waals surface area contributed by atoms with Gasteiger partial charge >= 0.3 is 17.9 Å². The van der Waals surface area contributed by atoms with Gasteiger partial charge in [0.2, 0.25) is 0 Å². The van der Waals surface area contributed by atoms with Gasteiger partial charge in [-0.3, -0.25) is 14.4 Å².